The highest BCUT2D eigenvalue weighted by Crippen LogP contribution is 2.38. The van der Waals surface area contributed by atoms with Crippen LogP contribution in [0.5, 0.6) is 5.75 Å². The summed E-state index contributed by atoms with van der Waals surface area (Å²) in [5.41, 5.74) is 1.24. The zero-order valence-electron chi connectivity index (χ0n) is 19.8. The van der Waals surface area contributed by atoms with Gasteiger partial charge in [-0.05, 0) is 55.1 Å². The van der Waals surface area contributed by atoms with E-state index in [1.807, 2.05) is 42.5 Å². The van der Waals surface area contributed by atoms with E-state index in [9.17, 15) is 10.1 Å². The Labute approximate surface area is 192 Å². The molecule has 0 radical (unpaired) electrons. The molecule has 1 N–H and O–H groups in total. The van der Waals surface area contributed by atoms with Crippen LogP contribution in [0.2, 0.25) is 18.1 Å². The first-order valence-corrected chi connectivity index (χ1v) is 14.3. The molecule has 0 amide bonds. The Morgan fingerprint density at radius 2 is 1.75 bits per heavy atom. The molecule has 0 saturated carbocycles. The van der Waals surface area contributed by atoms with Crippen LogP contribution in [-0.2, 0) is 10.8 Å². The molecule has 0 aromatic heterocycles. The molecule has 2 aromatic rings. The predicted molar refractivity (Wildman–Crippen MR) is 131 cm³/mol. The van der Waals surface area contributed by atoms with Crippen LogP contribution in [0.1, 0.15) is 39.2 Å². The van der Waals surface area contributed by atoms with Crippen LogP contribution in [0.4, 0.5) is 5.69 Å². The molecule has 0 spiro atoms. The minimum absolute atomic E-state index is 0.0297. The van der Waals surface area contributed by atoms with E-state index in [0.29, 0.717) is 12.6 Å². The van der Waals surface area contributed by atoms with Crippen molar-refractivity contribution in [1.82, 2.24) is 5.32 Å². The van der Waals surface area contributed by atoms with Gasteiger partial charge in [-0.2, -0.15) is 0 Å². The lowest BCUT2D eigenvalue weighted by atomic mass is 10.0. The number of hydrogen-bond acceptors (Lipinski definition) is 5. The Morgan fingerprint density at radius 3 is 2.34 bits per heavy atom. The summed E-state index contributed by atoms with van der Waals surface area (Å²) < 4.78 is 12.9. The second-order valence-electron chi connectivity index (χ2n) is 10.2. The molecule has 3 atom stereocenters. The quantitative estimate of drug-likeness (QED) is 0.296. The van der Waals surface area contributed by atoms with Crippen molar-refractivity contribution >= 4 is 14.0 Å². The normalized spacial score (nSPS) is 20.2. The topological polar surface area (TPSA) is 73.6 Å². The maximum absolute atomic E-state index is 10.9. The van der Waals surface area contributed by atoms with E-state index in [1.54, 1.807) is 12.1 Å². The molecule has 7 heteroatoms. The molecule has 1 saturated heterocycles. The summed E-state index contributed by atoms with van der Waals surface area (Å²) in [5, 5.41) is 14.8. The standard InChI is InChI=1S/C25H36N2O4Si/c1-25(2,3)32(4,5)31-24(18-30-22-9-7-6-8-10-22)23-16-13-20(26-23)17-19-11-14-21(15-12-19)27(28)29/h6-12,14-15,20,23-24,26H,13,16-18H2,1-5H3/t20-,23+,24+/m0/s1. The van der Waals surface area contributed by atoms with Crippen molar-refractivity contribution in [2.45, 2.75) is 76.4 Å². The van der Waals surface area contributed by atoms with Crippen LogP contribution in [0, 0.1) is 10.1 Å². The highest BCUT2D eigenvalue weighted by atomic mass is 28.4. The van der Waals surface area contributed by atoms with Crippen LogP contribution in [-0.4, -0.2) is 38.0 Å². The van der Waals surface area contributed by atoms with Crippen molar-refractivity contribution < 1.29 is 14.1 Å². The van der Waals surface area contributed by atoms with E-state index >= 15 is 0 Å². The van der Waals surface area contributed by atoms with Crippen LogP contribution in [0.15, 0.2) is 54.6 Å². The second-order valence-corrected chi connectivity index (χ2v) is 15.0. The molecular weight excluding hydrogens is 420 g/mol. The van der Waals surface area contributed by atoms with Gasteiger partial charge in [-0.15, -0.1) is 0 Å². The fourth-order valence-corrected chi connectivity index (χ4v) is 5.17. The second kappa shape index (κ2) is 10.1. The van der Waals surface area contributed by atoms with Crippen LogP contribution < -0.4 is 10.1 Å². The van der Waals surface area contributed by atoms with Gasteiger partial charge in [0.1, 0.15) is 12.4 Å². The maximum Gasteiger partial charge on any atom is 0.269 e. The Balaban J connectivity index is 1.66. The average molecular weight is 457 g/mol. The van der Waals surface area contributed by atoms with Gasteiger partial charge in [0, 0.05) is 24.2 Å². The van der Waals surface area contributed by atoms with Gasteiger partial charge in [0.15, 0.2) is 8.32 Å². The van der Waals surface area contributed by atoms with Crippen molar-refractivity contribution in [3.05, 3.63) is 70.3 Å². The summed E-state index contributed by atoms with van der Waals surface area (Å²) in [7, 11) is -1.97. The number of para-hydroxylation sites is 1. The Morgan fingerprint density at radius 1 is 1.09 bits per heavy atom. The molecule has 0 aliphatic carbocycles. The molecule has 3 rings (SSSR count). The summed E-state index contributed by atoms with van der Waals surface area (Å²) >= 11 is 0. The van der Waals surface area contributed by atoms with Crippen molar-refractivity contribution in [2.75, 3.05) is 6.61 Å². The highest BCUT2D eigenvalue weighted by molar-refractivity contribution is 6.74. The first-order valence-electron chi connectivity index (χ1n) is 11.4. The summed E-state index contributed by atoms with van der Waals surface area (Å²) in [5.74, 6) is 0.858. The van der Waals surface area contributed by atoms with Gasteiger partial charge in [-0.3, -0.25) is 10.1 Å². The van der Waals surface area contributed by atoms with E-state index < -0.39 is 8.32 Å². The van der Waals surface area contributed by atoms with Crippen LogP contribution in [0.3, 0.4) is 0 Å². The average Bonchev–Trinajstić information content (AvgIpc) is 3.19. The predicted octanol–water partition coefficient (Wildman–Crippen LogP) is 5.73. The highest BCUT2D eigenvalue weighted by Gasteiger charge is 2.42. The number of benzene rings is 2. The molecule has 174 valence electrons. The molecule has 1 aliphatic heterocycles. The lowest BCUT2D eigenvalue weighted by Crippen LogP contribution is -2.52. The lowest BCUT2D eigenvalue weighted by molar-refractivity contribution is -0.384. The molecular formula is C25H36N2O4Si. The summed E-state index contributed by atoms with van der Waals surface area (Å²) in [6, 6.07) is 17.3. The van der Waals surface area contributed by atoms with E-state index in [0.717, 1.165) is 30.6 Å². The zero-order chi connectivity index (χ0) is 23.4. The minimum Gasteiger partial charge on any atom is -0.491 e. The number of nitrogens with zero attached hydrogens (tertiary/aromatic N) is 1. The van der Waals surface area contributed by atoms with Gasteiger partial charge in [-0.1, -0.05) is 51.1 Å². The van der Waals surface area contributed by atoms with Gasteiger partial charge in [0.2, 0.25) is 0 Å². The first-order chi connectivity index (χ1) is 15.0. The van der Waals surface area contributed by atoms with Gasteiger partial charge in [0.05, 0.1) is 11.0 Å². The molecule has 32 heavy (non-hydrogen) atoms. The number of nitro benzene ring substituents is 1. The number of nitrogens with one attached hydrogen (secondary N) is 1. The Hall–Kier alpha value is -2.22. The maximum atomic E-state index is 10.9. The van der Waals surface area contributed by atoms with Gasteiger partial charge in [-0.25, -0.2) is 0 Å². The Bertz CT molecular complexity index is 881. The van der Waals surface area contributed by atoms with Crippen molar-refractivity contribution in [3.8, 4) is 5.75 Å². The van der Waals surface area contributed by atoms with Crippen molar-refractivity contribution in [3.63, 3.8) is 0 Å². The fourth-order valence-electron chi connectivity index (χ4n) is 3.83. The molecule has 6 nitrogen and oxygen atoms in total. The van der Waals surface area contributed by atoms with Crippen molar-refractivity contribution in [1.29, 1.82) is 0 Å². The molecule has 1 fully saturated rings. The molecule has 0 unspecified atom stereocenters. The number of hydrogen-bond donors (Lipinski definition) is 1. The molecule has 1 aliphatic rings. The lowest BCUT2D eigenvalue weighted by Gasteiger charge is -2.41. The van der Waals surface area contributed by atoms with Crippen LogP contribution in [0.25, 0.3) is 0 Å². The number of nitro groups is 1. The molecule has 1 heterocycles. The molecule has 0 bridgehead atoms. The summed E-state index contributed by atoms with van der Waals surface area (Å²) in [6.07, 6.45) is 2.89. The SMILES string of the molecule is CC(C)(C)[Si](C)(C)O[C@H](COc1ccccc1)[C@H]1CC[C@@H](Cc2ccc([N+](=O)[O-])cc2)N1. The molecule has 2 aromatic carbocycles. The smallest absolute Gasteiger partial charge is 0.269 e. The third kappa shape index (κ3) is 6.40. The third-order valence-electron chi connectivity index (χ3n) is 6.76. The van der Waals surface area contributed by atoms with E-state index in [-0.39, 0.29) is 27.8 Å². The number of ether oxygens (including phenoxy) is 1. The largest absolute Gasteiger partial charge is 0.491 e. The monoisotopic (exact) mass is 456 g/mol. The summed E-state index contributed by atoms with van der Waals surface area (Å²) in [4.78, 5) is 10.5. The van der Waals surface area contributed by atoms with E-state index in [1.165, 1.54) is 0 Å². The first kappa shape index (κ1) is 24.4. The van der Waals surface area contributed by atoms with Gasteiger partial charge in [0.25, 0.3) is 5.69 Å². The van der Waals surface area contributed by atoms with E-state index in [4.69, 9.17) is 9.16 Å². The van der Waals surface area contributed by atoms with Gasteiger partial charge >= 0.3 is 0 Å². The van der Waals surface area contributed by atoms with E-state index in [2.05, 4.69) is 39.2 Å². The van der Waals surface area contributed by atoms with Gasteiger partial charge < -0.3 is 14.5 Å². The number of rotatable bonds is 9. The van der Waals surface area contributed by atoms with Crippen LogP contribution >= 0.6 is 0 Å². The minimum atomic E-state index is -1.97. The third-order valence-corrected chi connectivity index (χ3v) is 11.3. The Kier molecular flexibility index (Phi) is 7.74. The fraction of sp³-hybridized carbons (Fsp3) is 0.520. The summed E-state index contributed by atoms with van der Waals surface area (Å²) in [6.45, 7) is 11.9. The number of non-ortho nitro benzene ring substituents is 1. The zero-order valence-corrected chi connectivity index (χ0v) is 20.8. The van der Waals surface area contributed by atoms with Crippen molar-refractivity contribution in [2.24, 2.45) is 0 Å².